The van der Waals surface area contributed by atoms with Crippen LogP contribution in [0.15, 0.2) is 27.8 Å². The van der Waals surface area contributed by atoms with Crippen molar-refractivity contribution in [2.45, 2.75) is 38.1 Å². The van der Waals surface area contributed by atoms with Gasteiger partial charge in [-0.3, -0.25) is 24.6 Å². The third kappa shape index (κ3) is 4.03. The summed E-state index contributed by atoms with van der Waals surface area (Å²) in [6.45, 7) is 0. The van der Waals surface area contributed by atoms with E-state index in [1.165, 1.54) is 17.0 Å². The van der Waals surface area contributed by atoms with Crippen LogP contribution in [0.1, 0.15) is 42.5 Å². The van der Waals surface area contributed by atoms with Crippen LogP contribution in [-0.4, -0.2) is 46.2 Å². The van der Waals surface area contributed by atoms with E-state index >= 15 is 0 Å². The van der Waals surface area contributed by atoms with E-state index in [0.29, 0.717) is 0 Å². The van der Waals surface area contributed by atoms with Crippen LogP contribution in [0.3, 0.4) is 0 Å². The molecule has 3 rings (SSSR count). The molecule has 150 valence electrons. The zero-order valence-corrected chi connectivity index (χ0v) is 16.0. The number of H-pyrrole nitrogens is 2. The first kappa shape index (κ1) is 19.5. The van der Waals surface area contributed by atoms with E-state index in [9.17, 15) is 19.5 Å². The number of aromatic nitrogens is 2. The molecule has 1 aliphatic carbocycles. The summed E-state index contributed by atoms with van der Waals surface area (Å²) < 4.78 is 0. The Morgan fingerprint density at radius 2 is 1.71 bits per heavy atom. The number of carbonyl (C=O) groups is 1. The number of phenols is 1. The number of aromatic hydroxyl groups is 1. The normalized spacial score (nSPS) is 14.5. The quantitative estimate of drug-likeness (QED) is 0.499. The van der Waals surface area contributed by atoms with Crippen LogP contribution in [0.5, 0.6) is 5.75 Å². The van der Waals surface area contributed by atoms with Crippen LogP contribution in [-0.2, 0) is 0 Å². The number of rotatable bonds is 5. The van der Waals surface area contributed by atoms with E-state index in [1.807, 2.05) is 0 Å². The summed E-state index contributed by atoms with van der Waals surface area (Å²) in [4.78, 5) is 38.3. The molecule has 28 heavy (non-hydrogen) atoms. The molecule has 1 amide bonds. The van der Waals surface area contributed by atoms with Gasteiger partial charge in [0.1, 0.15) is 11.4 Å². The highest BCUT2D eigenvalue weighted by Gasteiger charge is 2.21. The molecule has 9 heteroatoms. The fourth-order valence-corrected chi connectivity index (χ4v) is 3.37. The van der Waals surface area contributed by atoms with Crippen molar-refractivity contribution in [3.8, 4) is 5.75 Å². The smallest absolute Gasteiger partial charge is 0.288 e. The zero-order chi connectivity index (χ0) is 20.3. The first-order valence-corrected chi connectivity index (χ1v) is 9.30. The number of anilines is 3. The lowest BCUT2D eigenvalue weighted by Gasteiger charge is -2.24. The monoisotopic (exact) mass is 387 g/mol. The van der Waals surface area contributed by atoms with Crippen molar-refractivity contribution < 1.29 is 9.90 Å². The third-order valence-corrected chi connectivity index (χ3v) is 4.88. The molecule has 0 aliphatic heterocycles. The van der Waals surface area contributed by atoms with Crippen molar-refractivity contribution in [1.29, 1.82) is 0 Å². The van der Waals surface area contributed by atoms with Gasteiger partial charge in [0, 0.05) is 20.1 Å². The molecule has 5 N–H and O–H groups in total. The highest BCUT2D eigenvalue weighted by Crippen LogP contribution is 2.32. The fraction of sp³-hybridized carbons (Fsp3) is 0.421. The molecule has 1 heterocycles. The number of carbonyl (C=O) groups excluding carboxylic acids is 1. The molecular formula is C19H25N5O4. The Morgan fingerprint density at radius 3 is 2.36 bits per heavy atom. The van der Waals surface area contributed by atoms with E-state index in [2.05, 4.69) is 20.8 Å². The first-order chi connectivity index (χ1) is 13.4. The van der Waals surface area contributed by atoms with Crippen molar-refractivity contribution in [2.75, 3.05) is 24.7 Å². The fourth-order valence-electron chi connectivity index (χ4n) is 3.37. The Balaban J connectivity index is 1.97. The molecule has 2 aromatic rings. The third-order valence-electron chi connectivity index (χ3n) is 4.88. The van der Waals surface area contributed by atoms with Gasteiger partial charge in [0.05, 0.1) is 11.3 Å². The average molecular weight is 387 g/mol. The molecule has 1 aromatic heterocycles. The molecule has 0 bridgehead atoms. The highest BCUT2D eigenvalue weighted by atomic mass is 16.3. The van der Waals surface area contributed by atoms with Gasteiger partial charge in [0.15, 0.2) is 5.75 Å². The van der Waals surface area contributed by atoms with Crippen LogP contribution >= 0.6 is 0 Å². The Bertz CT molecular complexity index is 973. The molecule has 0 atom stereocenters. The lowest BCUT2D eigenvalue weighted by molar-refractivity contribution is 0.0824. The topological polar surface area (TPSA) is 130 Å². The number of hydrogen-bond acceptors (Lipinski definition) is 6. The summed E-state index contributed by atoms with van der Waals surface area (Å²) in [6.07, 6.45) is 5.14. The van der Waals surface area contributed by atoms with Gasteiger partial charge < -0.3 is 20.6 Å². The molecule has 9 nitrogen and oxygen atoms in total. The Hall–Kier alpha value is -3.23. The van der Waals surface area contributed by atoms with E-state index in [4.69, 9.17) is 0 Å². The minimum absolute atomic E-state index is 0.000856. The molecule has 0 unspecified atom stereocenters. The largest absolute Gasteiger partial charge is 0.505 e. The predicted octanol–water partition coefficient (Wildman–Crippen LogP) is 1.96. The van der Waals surface area contributed by atoms with Gasteiger partial charge >= 0.3 is 0 Å². The minimum atomic E-state index is -0.540. The minimum Gasteiger partial charge on any atom is -0.505 e. The summed E-state index contributed by atoms with van der Waals surface area (Å²) in [7, 11) is 3.16. The molecule has 1 aromatic carbocycles. The Kier molecular flexibility index (Phi) is 5.72. The van der Waals surface area contributed by atoms with E-state index in [0.717, 1.165) is 32.1 Å². The number of benzene rings is 1. The lowest BCUT2D eigenvalue weighted by Crippen LogP contribution is -2.31. The second-order valence-electron chi connectivity index (χ2n) is 7.16. The zero-order valence-electron chi connectivity index (χ0n) is 16.0. The van der Waals surface area contributed by atoms with Gasteiger partial charge in [-0.05, 0) is 25.0 Å². The van der Waals surface area contributed by atoms with E-state index < -0.39 is 11.1 Å². The van der Waals surface area contributed by atoms with Crippen molar-refractivity contribution in [3.05, 3.63) is 44.5 Å². The first-order valence-electron chi connectivity index (χ1n) is 9.30. The maximum atomic E-state index is 12.4. The molecule has 1 fully saturated rings. The number of hydrogen-bond donors (Lipinski definition) is 5. The molecular weight excluding hydrogens is 362 g/mol. The molecule has 0 radical (unpaired) electrons. The average Bonchev–Trinajstić information content (AvgIpc) is 2.69. The highest BCUT2D eigenvalue weighted by molar-refractivity contribution is 5.98. The molecule has 0 saturated heterocycles. The number of nitrogens with one attached hydrogen (secondary N) is 4. The van der Waals surface area contributed by atoms with Gasteiger partial charge in [-0.25, -0.2) is 0 Å². The van der Waals surface area contributed by atoms with Crippen molar-refractivity contribution >= 4 is 23.0 Å². The maximum Gasteiger partial charge on any atom is 0.288 e. The number of para-hydroxylation sites is 1. The SMILES string of the molecule is CN(C)C(=O)c1cccc(Nc2c(NC3CCCCC3)c(=O)[nH][nH]c2=O)c1O. The number of aromatic amines is 2. The molecule has 1 aliphatic rings. The molecule has 0 spiro atoms. The van der Waals surface area contributed by atoms with Crippen molar-refractivity contribution in [2.24, 2.45) is 0 Å². The summed E-state index contributed by atoms with van der Waals surface area (Å²) in [5.74, 6) is -0.661. The van der Waals surface area contributed by atoms with Crippen LogP contribution in [0.25, 0.3) is 0 Å². The number of phenolic OH excluding ortho intramolecular Hbond substituents is 1. The van der Waals surface area contributed by atoms with Crippen LogP contribution < -0.4 is 21.8 Å². The van der Waals surface area contributed by atoms with Gasteiger partial charge in [-0.1, -0.05) is 25.3 Å². The second-order valence-corrected chi connectivity index (χ2v) is 7.16. The number of amides is 1. The van der Waals surface area contributed by atoms with Crippen molar-refractivity contribution in [1.82, 2.24) is 15.1 Å². The number of nitrogens with zero attached hydrogens (tertiary/aromatic N) is 1. The molecule has 1 saturated carbocycles. The van der Waals surface area contributed by atoms with Gasteiger partial charge in [-0.2, -0.15) is 0 Å². The van der Waals surface area contributed by atoms with E-state index in [-0.39, 0.29) is 40.3 Å². The van der Waals surface area contributed by atoms with Crippen LogP contribution in [0.4, 0.5) is 17.1 Å². The van der Waals surface area contributed by atoms with Gasteiger partial charge in [0.25, 0.3) is 17.0 Å². The Morgan fingerprint density at radius 1 is 1.07 bits per heavy atom. The summed E-state index contributed by atoms with van der Waals surface area (Å²) in [5.41, 5.74) is -0.624. The van der Waals surface area contributed by atoms with Crippen LogP contribution in [0, 0.1) is 0 Å². The lowest BCUT2D eigenvalue weighted by atomic mass is 9.95. The standard InChI is InChI=1S/C19H25N5O4/c1-24(2)19(28)12-9-6-10-13(16(12)25)21-15-14(17(26)22-23-18(15)27)20-11-7-4-3-5-8-11/h6,9-11,25H,3-5,7-8H2,1-2H3,(H2,20,23,27)(H2,21,22,26). The summed E-state index contributed by atoms with van der Waals surface area (Å²) in [6, 6.07) is 4.72. The Labute approximate surface area is 161 Å². The van der Waals surface area contributed by atoms with Crippen LogP contribution in [0.2, 0.25) is 0 Å². The van der Waals surface area contributed by atoms with Gasteiger partial charge in [-0.15, -0.1) is 0 Å². The van der Waals surface area contributed by atoms with E-state index in [1.54, 1.807) is 20.2 Å². The van der Waals surface area contributed by atoms with Crippen molar-refractivity contribution in [3.63, 3.8) is 0 Å². The second kappa shape index (κ2) is 8.20. The maximum absolute atomic E-state index is 12.4. The van der Waals surface area contributed by atoms with Gasteiger partial charge in [0.2, 0.25) is 0 Å². The predicted molar refractivity (Wildman–Crippen MR) is 108 cm³/mol. The summed E-state index contributed by atoms with van der Waals surface area (Å²) in [5, 5.41) is 21.1. The summed E-state index contributed by atoms with van der Waals surface area (Å²) >= 11 is 0.